The van der Waals surface area contributed by atoms with Crippen molar-refractivity contribution in [1.29, 1.82) is 0 Å². The molecular formula is C22H20N2O3S. The molecule has 1 N–H and O–H groups in total. The van der Waals surface area contributed by atoms with Crippen molar-refractivity contribution in [3.8, 4) is 5.75 Å². The van der Waals surface area contributed by atoms with Crippen LogP contribution in [-0.4, -0.2) is 30.4 Å². The molecule has 0 spiro atoms. The smallest absolute Gasteiger partial charge is 0.264 e. The first-order chi connectivity index (χ1) is 13.7. The van der Waals surface area contributed by atoms with Gasteiger partial charge in [0.2, 0.25) is 0 Å². The minimum atomic E-state index is -0.222. The van der Waals surface area contributed by atoms with Crippen LogP contribution < -0.4 is 10.1 Å². The topological polar surface area (TPSA) is 58.6 Å². The fourth-order valence-corrected chi connectivity index (χ4v) is 4.09. The number of hydrogen-bond donors (Lipinski definition) is 1. The van der Waals surface area contributed by atoms with Crippen molar-refractivity contribution in [3.05, 3.63) is 81.5 Å². The average Bonchev–Trinajstić information content (AvgIpc) is 3.27. The van der Waals surface area contributed by atoms with Crippen LogP contribution >= 0.6 is 11.3 Å². The molecule has 3 aromatic rings. The zero-order valence-corrected chi connectivity index (χ0v) is 16.3. The van der Waals surface area contributed by atoms with E-state index in [2.05, 4.69) is 5.32 Å². The van der Waals surface area contributed by atoms with Gasteiger partial charge in [-0.25, -0.2) is 0 Å². The van der Waals surface area contributed by atoms with Gasteiger partial charge in [-0.15, -0.1) is 11.3 Å². The Balaban J connectivity index is 1.52. The molecule has 0 atom stereocenters. The molecule has 5 nitrogen and oxygen atoms in total. The highest BCUT2D eigenvalue weighted by molar-refractivity contribution is 7.12. The van der Waals surface area contributed by atoms with Gasteiger partial charge in [-0.3, -0.25) is 9.59 Å². The van der Waals surface area contributed by atoms with Crippen LogP contribution in [0.3, 0.4) is 0 Å². The molecule has 0 saturated heterocycles. The second-order valence-electron chi connectivity index (χ2n) is 6.59. The van der Waals surface area contributed by atoms with Gasteiger partial charge in [0.1, 0.15) is 5.75 Å². The minimum absolute atomic E-state index is 0.0594. The van der Waals surface area contributed by atoms with Gasteiger partial charge in [0.05, 0.1) is 17.6 Å². The fraction of sp³-hybridized carbons (Fsp3) is 0.182. The molecule has 4 rings (SSSR count). The van der Waals surface area contributed by atoms with Crippen LogP contribution in [-0.2, 0) is 13.0 Å². The SMILES string of the molecule is COc1ccccc1C(=O)Nc1ccc2c(c1)CN(C(=O)c1cccs1)CC2. The highest BCUT2D eigenvalue weighted by atomic mass is 32.1. The number of benzene rings is 2. The van der Waals surface area contributed by atoms with E-state index in [-0.39, 0.29) is 11.8 Å². The van der Waals surface area contributed by atoms with E-state index in [0.29, 0.717) is 30.1 Å². The van der Waals surface area contributed by atoms with E-state index in [1.807, 2.05) is 46.7 Å². The number of ether oxygens (including phenoxy) is 1. The Kier molecular flexibility index (Phi) is 5.12. The molecule has 142 valence electrons. The van der Waals surface area contributed by atoms with Gasteiger partial charge in [-0.1, -0.05) is 24.3 Å². The Hall–Kier alpha value is -3.12. The number of fused-ring (bicyclic) bond motifs is 1. The maximum Gasteiger partial charge on any atom is 0.264 e. The third-order valence-corrected chi connectivity index (χ3v) is 5.71. The van der Waals surface area contributed by atoms with Crippen molar-refractivity contribution < 1.29 is 14.3 Å². The van der Waals surface area contributed by atoms with Crippen LogP contribution in [0, 0.1) is 0 Å². The van der Waals surface area contributed by atoms with Gasteiger partial charge in [0, 0.05) is 18.8 Å². The van der Waals surface area contributed by atoms with Crippen molar-refractivity contribution in [2.45, 2.75) is 13.0 Å². The molecule has 28 heavy (non-hydrogen) atoms. The predicted molar refractivity (Wildman–Crippen MR) is 110 cm³/mol. The number of carbonyl (C=O) groups is 2. The van der Waals surface area contributed by atoms with Gasteiger partial charge in [0.15, 0.2) is 0 Å². The highest BCUT2D eigenvalue weighted by Crippen LogP contribution is 2.26. The number of thiophene rings is 1. The van der Waals surface area contributed by atoms with E-state index in [1.165, 1.54) is 16.9 Å². The maximum absolute atomic E-state index is 12.6. The van der Waals surface area contributed by atoms with Crippen molar-refractivity contribution in [3.63, 3.8) is 0 Å². The Morgan fingerprint density at radius 1 is 1.07 bits per heavy atom. The molecule has 1 aliphatic heterocycles. The molecule has 2 amide bonds. The van der Waals surface area contributed by atoms with Gasteiger partial charge >= 0.3 is 0 Å². The van der Waals surface area contributed by atoms with Gasteiger partial charge in [-0.2, -0.15) is 0 Å². The molecule has 0 radical (unpaired) electrons. The number of methoxy groups -OCH3 is 1. The highest BCUT2D eigenvalue weighted by Gasteiger charge is 2.23. The lowest BCUT2D eigenvalue weighted by Crippen LogP contribution is -2.35. The summed E-state index contributed by atoms with van der Waals surface area (Å²) in [6.07, 6.45) is 0.813. The van der Waals surface area contributed by atoms with E-state index in [0.717, 1.165) is 16.9 Å². The Bertz CT molecular complexity index is 1010. The molecular weight excluding hydrogens is 372 g/mol. The van der Waals surface area contributed by atoms with Crippen molar-refractivity contribution in [2.24, 2.45) is 0 Å². The molecule has 6 heteroatoms. The Morgan fingerprint density at radius 2 is 1.93 bits per heavy atom. The van der Waals surface area contributed by atoms with E-state index in [9.17, 15) is 9.59 Å². The third kappa shape index (κ3) is 3.64. The first-order valence-electron chi connectivity index (χ1n) is 9.04. The second kappa shape index (κ2) is 7.86. The zero-order valence-electron chi connectivity index (χ0n) is 15.5. The quantitative estimate of drug-likeness (QED) is 0.724. The number of carbonyl (C=O) groups excluding carboxylic acids is 2. The molecule has 2 heterocycles. The zero-order chi connectivity index (χ0) is 19.5. The lowest BCUT2D eigenvalue weighted by atomic mass is 9.98. The number of para-hydroxylation sites is 1. The standard InChI is InChI=1S/C22H20N2O3S/c1-27-19-6-3-2-5-18(19)21(25)23-17-9-8-15-10-11-24(14-16(15)13-17)22(26)20-7-4-12-28-20/h2-9,12-13H,10-11,14H2,1H3,(H,23,25). The fourth-order valence-electron chi connectivity index (χ4n) is 3.39. The van der Waals surface area contributed by atoms with Crippen molar-refractivity contribution >= 4 is 28.8 Å². The molecule has 0 bridgehead atoms. The normalized spacial score (nSPS) is 13.0. The second-order valence-corrected chi connectivity index (χ2v) is 7.54. The van der Waals surface area contributed by atoms with Crippen LogP contribution in [0.1, 0.15) is 31.2 Å². The largest absolute Gasteiger partial charge is 0.496 e. The summed E-state index contributed by atoms with van der Waals surface area (Å²) >= 11 is 1.46. The lowest BCUT2D eigenvalue weighted by molar-refractivity contribution is 0.0739. The van der Waals surface area contributed by atoms with E-state index in [4.69, 9.17) is 4.74 Å². The number of hydrogen-bond acceptors (Lipinski definition) is 4. The summed E-state index contributed by atoms with van der Waals surface area (Å²) in [5.41, 5.74) is 3.47. The minimum Gasteiger partial charge on any atom is -0.496 e. The van der Waals surface area contributed by atoms with Gasteiger partial charge in [0.25, 0.3) is 11.8 Å². The first kappa shape index (κ1) is 18.3. The van der Waals surface area contributed by atoms with Gasteiger partial charge in [-0.05, 0) is 53.3 Å². The van der Waals surface area contributed by atoms with Crippen molar-refractivity contribution in [2.75, 3.05) is 19.0 Å². The summed E-state index contributed by atoms with van der Waals surface area (Å²) in [5.74, 6) is 0.370. The average molecular weight is 392 g/mol. The molecule has 0 unspecified atom stereocenters. The van der Waals surface area contributed by atoms with E-state index < -0.39 is 0 Å². The molecule has 0 fully saturated rings. The summed E-state index contributed by atoms with van der Waals surface area (Å²) in [6.45, 7) is 1.25. The Labute approximate surface area is 167 Å². The lowest BCUT2D eigenvalue weighted by Gasteiger charge is -2.29. The van der Waals surface area contributed by atoms with Crippen LogP contribution in [0.2, 0.25) is 0 Å². The monoisotopic (exact) mass is 392 g/mol. The van der Waals surface area contributed by atoms with Crippen LogP contribution in [0.25, 0.3) is 0 Å². The number of rotatable bonds is 4. The van der Waals surface area contributed by atoms with Crippen LogP contribution in [0.4, 0.5) is 5.69 Å². The number of nitrogens with zero attached hydrogens (tertiary/aromatic N) is 1. The Morgan fingerprint density at radius 3 is 2.71 bits per heavy atom. The molecule has 1 aliphatic rings. The molecule has 0 aliphatic carbocycles. The van der Waals surface area contributed by atoms with Crippen LogP contribution in [0.15, 0.2) is 60.0 Å². The summed E-state index contributed by atoms with van der Waals surface area (Å²) < 4.78 is 5.27. The number of anilines is 1. The van der Waals surface area contributed by atoms with Gasteiger partial charge < -0.3 is 15.0 Å². The first-order valence-corrected chi connectivity index (χ1v) is 9.92. The van der Waals surface area contributed by atoms with E-state index in [1.54, 1.807) is 25.3 Å². The van der Waals surface area contributed by atoms with E-state index >= 15 is 0 Å². The summed E-state index contributed by atoms with van der Waals surface area (Å²) in [4.78, 5) is 27.9. The number of nitrogens with one attached hydrogen (secondary N) is 1. The molecule has 0 saturated carbocycles. The predicted octanol–water partition coefficient (Wildman–Crippen LogP) is 4.21. The molecule has 2 aromatic carbocycles. The maximum atomic E-state index is 12.6. The molecule has 1 aromatic heterocycles. The summed E-state index contributed by atoms with van der Waals surface area (Å²) in [6, 6.07) is 16.8. The third-order valence-electron chi connectivity index (χ3n) is 4.85. The summed E-state index contributed by atoms with van der Waals surface area (Å²) in [7, 11) is 1.55. The summed E-state index contributed by atoms with van der Waals surface area (Å²) in [5, 5.41) is 4.85. The van der Waals surface area contributed by atoms with Crippen LogP contribution in [0.5, 0.6) is 5.75 Å². The number of amides is 2. The van der Waals surface area contributed by atoms with Crippen molar-refractivity contribution in [1.82, 2.24) is 4.90 Å².